The largest absolute Gasteiger partial charge is 0.416 e. The third kappa shape index (κ3) is 4.78. The highest BCUT2D eigenvalue weighted by atomic mass is 32.1. The van der Waals surface area contributed by atoms with Crippen LogP contribution in [0.2, 0.25) is 0 Å². The maximum Gasteiger partial charge on any atom is 0.416 e. The molecule has 6 nitrogen and oxygen atoms in total. The number of hydrogen-bond donors (Lipinski definition) is 2. The third-order valence-corrected chi connectivity index (χ3v) is 6.44. The molecule has 0 saturated carbocycles. The van der Waals surface area contributed by atoms with Gasteiger partial charge in [-0.2, -0.15) is 13.2 Å². The first kappa shape index (κ1) is 23.4. The van der Waals surface area contributed by atoms with Crippen molar-refractivity contribution in [3.8, 4) is 10.6 Å². The molecule has 34 heavy (non-hydrogen) atoms. The topological polar surface area (TPSA) is 96.5 Å². The molecule has 4 aromatic rings. The molecule has 0 fully saturated rings. The zero-order valence-electron chi connectivity index (χ0n) is 17.8. The summed E-state index contributed by atoms with van der Waals surface area (Å²) in [6.07, 6.45) is -4.42. The lowest BCUT2D eigenvalue weighted by molar-refractivity contribution is -0.137. The fraction of sp³-hybridized carbons (Fsp3) is 0.125. The number of carbonyl (C=O) groups is 2. The van der Waals surface area contributed by atoms with Gasteiger partial charge in [-0.25, -0.2) is 10.0 Å². The second-order valence-electron chi connectivity index (χ2n) is 7.61. The maximum absolute atomic E-state index is 12.8. The van der Waals surface area contributed by atoms with E-state index in [1.165, 1.54) is 29.5 Å². The van der Waals surface area contributed by atoms with E-state index in [4.69, 9.17) is 5.73 Å². The van der Waals surface area contributed by atoms with Crippen molar-refractivity contribution in [1.29, 1.82) is 0 Å². The van der Waals surface area contributed by atoms with Crippen LogP contribution in [-0.4, -0.2) is 27.1 Å². The minimum atomic E-state index is -4.42. The minimum Gasteiger partial charge on any atom is -0.366 e. The van der Waals surface area contributed by atoms with Gasteiger partial charge in [0.2, 0.25) is 5.91 Å². The predicted molar refractivity (Wildman–Crippen MR) is 121 cm³/mol. The zero-order chi connectivity index (χ0) is 24.6. The van der Waals surface area contributed by atoms with Crippen LogP contribution >= 0.6 is 11.3 Å². The Labute approximate surface area is 196 Å². The van der Waals surface area contributed by atoms with Crippen LogP contribution in [0.15, 0.2) is 60.7 Å². The van der Waals surface area contributed by atoms with E-state index in [2.05, 4.69) is 4.98 Å². The van der Waals surface area contributed by atoms with Gasteiger partial charge < -0.3 is 5.73 Å². The Balaban J connectivity index is 1.52. The van der Waals surface area contributed by atoms with E-state index in [9.17, 15) is 28.0 Å². The molecule has 0 aliphatic heterocycles. The molecule has 0 spiro atoms. The monoisotopic (exact) mass is 485 g/mol. The van der Waals surface area contributed by atoms with Crippen LogP contribution in [0.1, 0.15) is 36.9 Å². The average Bonchev–Trinajstić information content (AvgIpc) is 3.17. The van der Waals surface area contributed by atoms with Crippen molar-refractivity contribution in [1.82, 2.24) is 10.0 Å². The number of halogens is 3. The molecule has 4 rings (SSSR count). The summed E-state index contributed by atoms with van der Waals surface area (Å²) in [5.41, 5.74) is 6.19. The highest BCUT2D eigenvalue weighted by Crippen LogP contribution is 2.33. The van der Waals surface area contributed by atoms with Gasteiger partial charge >= 0.3 is 6.18 Å². The van der Waals surface area contributed by atoms with Gasteiger partial charge in [-0.15, -0.1) is 11.3 Å². The van der Waals surface area contributed by atoms with E-state index < -0.39 is 23.6 Å². The van der Waals surface area contributed by atoms with Crippen molar-refractivity contribution >= 4 is 33.9 Å². The summed E-state index contributed by atoms with van der Waals surface area (Å²) < 4.78 is 38.4. The number of aromatic nitrogens is 1. The van der Waals surface area contributed by atoms with E-state index in [1.807, 2.05) is 0 Å². The number of benzene rings is 3. The summed E-state index contributed by atoms with van der Waals surface area (Å²) in [5, 5.41) is 12.9. The molecule has 10 heteroatoms. The summed E-state index contributed by atoms with van der Waals surface area (Å²) in [4.78, 5) is 29.1. The first-order valence-corrected chi connectivity index (χ1v) is 10.8. The van der Waals surface area contributed by atoms with Crippen molar-refractivity contribution in [3.63, 3.8) is 0 Å². The van der Waals surface area contributed by atoms with Crippen LogP contribution < -0.4 is 5.73 Å². The standard InChI is InChI=1S/C24H18F3N3O3S/c1-13-20(34-22(29-13)14-6-8-19(9-7-14)24(25,26)27)12-30(33)23(32)18-5-3-15-10-17(21(28)31)4-2-16(15)11-18/h2-11,33H,12H2,1H3,(H2,28,31). The highest BCUT2D eigenvalue weighted by Gasteiger charge is 2.30. The normalized spacial score (nSPS) is 11.6. The Bertz CT molecular complexity index is 1400. The van der Waals surface area contributed by atoms with Crippen molar-refractivity contribution < 1.29 is 28.0 Å². The van der Waals surface area contributed by atoms with Gasteiger partial charge in [-0.05, 0) is 54.1 Å². The molecule has 2 amide bonds. The molecule has 0 unspecified atom stereocenters. The van der Waals surface area contributed by atoms with Gasteiger partial charge in [0.25, 0.3) is 5.91 Å². The van der Waals surface area contributed by atoms with Crippen molar-refractivity contribution in [2.45, 2.75) is 19.6 Å². The second kappa shape index (κ2) is 8.88. The Hall–Kier alpha value is -3.76. The predicted octanol–water partition coefficient (Wildman–Crippen LogP) is 5.42. The van der Waals surface area contributed by atoms with Crippen LogP contribution in [0.5, 0.6) is 0 Å². The molecular weight excluding hydrogens is 467 g/mol. The number of alkyl halides is 3. The number of aryl methyl sites for hydroxylation is 1. The van der Waals surface area contributed by atoms with Gasteiger partial charge in [0.05, 0.1) is 22.7 Å². The first-order chi connectivity index (χ1) is 16.0. The van der Waals surface area contributed by atoms with Gasteiger partial charge in [0.15, 0.2) is 0 Å². The Morgan fingerprint density at radius 3 is 2.18 bits per heavy atom. The maximum atomic E-state index is 12.8. The summed E-state index contributed by atoms with van der Waals surface area (Å²) in [6.45, 7) is 1.56. The molecule has 1 aromatic heterocycles. The smallest absolute Gasteiger partial charge is 0.366 e. The van der Waals surface area contributed by atoms with Crippen LogP contribution in [0.4, 0.5) is 13.2 Å². The Morgan fingerprint density at radius 2 is 1.59 bits per heavy atom. The number of fused-ring (bicyclic) bond motifs is 1. The minimum absolute atomic E-state index is 0.137. The molecule has 0 bridgehead atoms. The number of hydrogen-bond acceptors (Lipinski definition) is 5. The molecule has 1 heterocycles. The fourth-order valence-electron chi connectivity index (χ4n) is 3.39. The molecule has 0 aliphatic carbocycles. The van der Waals surface area contributed by atoms with Crippen molar-refractivity contribution in [3.05, 3.63) is 87.9 Å². The highest BCUT2D eigenvalue weighted by molar-refractivity contribution is 7.15. The molecular formula is C24H18F3N3O3S. The van der Waals surface area contributed by atoms with Crippen LogP contribution in [-0.2, 0) is 12.7 Å². The quantitative estimate of drug-likeness (QED) is 0.291. The Morgan fingerprint density at radius 1 is 1.00 bits per heavy atom. The lowest BCUT2D eigenvalue weighted by Crippen LogP contribution is -2.26. The summed E-state index contributed by atoms with van der Waals surface area (Å²) in [6, 6.07) is 14.3. The zero-order valence-corrected chi connectivity index (χ0v) is 18.6. The molecule has 0 saturated heterocycles. The molecule has 174 valence electrons. The number of rotatable bonds is 5. The molecule has 0 aliphatic rings. The Kier molecular flexibility index (Phi) is 6.11. The van der Waals surface area contributed by atoms with E-state index >= 15 is 0 Å². The lowest BCUT2D eigenvalue weighted by Gasteiger charge is -2.15. The average molecular weight is 485 g/mol. The van der Waals surface area contributed by atoms with Crippen LogP contribution in [0, 0.1) is 6.92 Å². The fourth-order valence-corrected chi connectivity index (χ4v) is 4.44. The number of amides is 2. The third-order valence-electron chi connectivity index (χ3n) is 5.25. The number of nitrogens with two attached hydrogens (primary N) is 1. The van der Waals surface area contributed by atoms with E-state index in [-0.39, 0.29) is 12.1 Å². The SMILES string of the molecule is Cc1nc(-c2ccc(C(F)(F)F)cc2)sc1CN(O)C(=O)c1ccc2cc(C(N)=O)ccc2c1. The number of nitrogens with zero attached hydrogens (tertiary/aromatic N) is 2. The number of carbonyl (C=O) groups excluding carboxylic acids is 2. The van der Waals surface area contributed by atoms with Crippen molar-refractivity contribution in [2.24, 2.45) is 5.73 Å². The number of hydroxylamine groups is 2. The van der Waals surface area contributed by atoms with Crippen molar-refractivity contribution in [2.75, 3.05) is 0 Å². The summed E-state index contributed by atoms with van der Waals surface area (Å²) in [7, 11) is 0. The van der Waals surface area contributed by atoms with E-state index in [1.54, 1.807) is 37.3 Å². The number of primary amides is 1. The van der Waals surface area contributed by atoms with Crippen LogP contribution in [0.3, 0.4) is 0 Å². The molecule has 3 aromatic carbocycles. The lowest BCUT2D eigenvalue weighted by atomic mass is 10.0. The number of thiazole rings is 1. The summed E-state index contributed by atoms with van der Waals surface area (Å²) in [5.74, 6) is -1.19. The second-order valence-corrected chi connectivity index (χ2v) is 8.69. The first-order valence-electron chi connectivity index (χ1n) is 10.0. The molecule has 0 atom stereocenters. The molecule has 3 N–H and O–H groups in total. The molecule has 0 radical (unpaired) electrons. The van der Waals surface area contributed by atoms with Gasteiger partial charge in [0, 0.05) is 16.7 Å². The van der Waals surface area contributed by atoms with E-state index in [0.717, 1.165) is 17.5 Å². The van der Waals surface area contributed by atoms with Gasteiger partial charge in [0.1, 0.15) is 5.01 Å². The van der Waals surface area contributed by atoms with E-state index in [0.29, 0.717) is 37.2 Å². The van der Waals surface area contributed by atoms with Crippen LogP contribution in [0.25, 0.3) is 21.3 Å². The van der Waals surface area contributed by atoms with Gasteiger partial charge in [-0.3, -0.25) is 14.8 Å². The van der Waals surface area contributed by atoms with Gasteiger partial charge in [-0.1, -0.05) is 24.3 Å². The summed E-state index contributed by atoms with van der Waals surface area (Å²) >= 11 is 1.18.